The third kappa shape index (κ3) is 3.43. The van der Waals surface area contributed by atoms with E-state index in [1.165, 1.54) is 13.0 Å². The van der Waals surface area contributed by atoms with Gasteiger partial charge in [-0.05, 0) is 25.1 Å². The minimum Gasteiger partial charge on any atom is -0.322 e. The normalized spacial score (nSPS) is 11.4. The Hall–Kier alpha value is -1.84. The molecule has 0 aliphatic heterocycles. The number of carbonyl (C=O) groups is 1. The van der Waals surface area contributed by atoms with Crippen LogP contribution in [0.15, 0.2) is 28.5 Å². The van der Waals surface area contributed by atoms with Crippen molar-refractivity contribution in [3.63, 3.8) is 0 Å². The van der Waals surface area contributed by atoms with E-state index in [2.05, 4.69) is 5.32 Å². The number of carbonyl (C=O) groups excluding carboxylic acids is 1. The van der Waals surface area contributed by atoms with Crippen molar-refractivity contribution in [1.82, 2.24) is 0 Å². The molecule has 1 aromatic carbocycles. The van der Waals surface area contributed by atoms with Crippen LogP contribution in [0.5, 0.6) is 0 Å². The first-order valence-corrected chi connectivity index (χ1v) is 7.78. The van der Waals surface area contributed by atoms with Gasteiger partial charge in [0.15, 0.2) is 11.6 Å². The van der Waals surface area contributed by atoms with E-state index in [0.29, 0.717) is 4.88 Å². The maximum absolute atomic E-state index is 13.0. The van der Waals surface area contributed by atoms with Crippen molar-refractivity contribution in [3.8, 4) is 0 Å². The van der Waals surface area contributed by atoms with Crippen molar-refractivity contribution in [2.75, 3.05) is 5.32 Å². The highest BCUT2D eigenvalue weighted by Gasteiger charge is 2.20. The van der Waals surface area contributed by atoms with Crippen molar-refractivity contribution in [2.24, 2.45) is 0 Å². The lowest BCUT2D eigenvalue weighted by atomic mass is 10.2. The summed E-state index contributed by atoms with van der Waals surface area (Å²) in [4.78, 5) is 12.3. The summed E-state index contributed by atoms with van der Waals surface area (Å²) in [6.45, 7) is 1.50. The number of anilines is 1. The smallest absolute Gasteiger partial charge is 0.304 e. The zero-order chi connectivity index (χ0) is 15.8. The predicted molar refractivity (Wildman–Crippen MR) is 73.2 cm³/mol. The van der Waals surface area contributed by atoms with Crippen LogP contribution in [0.1, 0.15) is 15.2 Å². The number of benzene rings is 1. The number of hydrogen-bond acceptors (Lipinski definition) is 4. The van der Waals surface area contributed by atoms with Gasteiger partial charge in [-0.15, -0.1) is 11.3 Å². The summed E-state index contributed by atoms with van der Waals surface area (Å²) in [5.41, 5.74) is 0.0512. The first kappa shape index (κ1) is 15.5. The van der Waals surface area contributed by atoms with E-state index in [4.69, 9.17) is 4.55 Å². The van der Waals surface area contributed by atoms with Crippen molar-refractivity contribution in [3.05, 3.63) is 46.3 Å². The summed E-state index contributed by atoms with van der Waals surface area (Å²) in [6, 6.07) is 3.85. The van der Waals surface area contributed by atoms with Crippen LogP contribution < -0.4 is 5.32 Å². The summed E-state index contributed by atoms with van der Waals surface area (Å²) in [5, 5.41) is 2.32. The fraction of sp³-hybridized carbons (Fsp3) is 0.0833. The number of hydrogen-bond donors (Lipinski definition) is 2. The Labute approximate surface area is 123 Å². The van der Waals surface area contributed by atoms with E-state index in [1.54, 1.807) is 0 Å². The average Bonchev–Trinajstić information content (AvgIpc) is 2.76. The Balaban J connectivity index is 2.28. The van der Waals surface area contributed by atoms with Crippen LogP contribution in [0.3, 0.4) is 0 Å². The molecule has 0 radical (unpaired) electrons. The molecule has 21 heavy (non-hydrogen) atoms. The molecule has 0 unspecified atom stereocenters. The standard InChI is InChI=1S/C12H9F2NO4S2/c1-6-8(5-11(20-6)21(17,18)19)12(16)15-7-2-3-9(13)10(14)4-7/h2-5H,1H3,(H,15,16)(H,17,18,19). The molecule has 0 saturated heterocycles. The third-order valence-electron chi connectivity index (χ3n) is 2.57. The van der Waals surface area contributed by atoms with Gasteiger partial charge >= 0.3 is 10.1 Å². The van der Waals surface area contributed by atoms with Crippen LogP contribution in [0.4, 0.5) is 14.5 Å². The average molecular weight is 333 g/mol. The predicted octanol–water partition coefficient (Wildman–Crippen LogP) is 2.83. The second-order valence-corrected chi connectivity index (χ2v) is 7.00. The number of aryl methyl sites for hydroxylation is 1. The molecule has 2 aromatic rings. The molecule has 0 aliphatic rings. The van der Waals surface area contributed by atoms with E-state index in [9.17, 15) is 22.0 Å². The molecule has 0 aliphatic carbocycles. The number of halogens is 2. The van der Waals surface area contributed by atoms with E-state index in [0.717, 1.165) is 29.5 Å². The van der Waals surface area contributed by atoms with Crippen molar-refractivity contribution >= 4 is 33.0 Å². The quantitative estimate of drug-likeness (QED) is 0.846. The molecule has 0 saturated carbocycles. The van der Waals surface area contributed by atoms with Gasteiger partial charge in [0.05, 0.1) is 5.56 Å². The number of rotatable bonds is 3. The van der Waals surface area contributed by atoms with Crippen molar-refractivity contribution in [2.45, 2.75) is 11.1 Å². The van der Waals surface area contributed by atoms with Gasteiger partial charge in [-0.25, -0.2) is 8.78 Å². The Kier molecular flexibility index (Phi) is 4.08. The molecule has 1 heterocycles. The van der Waals surface area contributed by atoms with Gasteiger partial charge in [-0.3, -0.25) is 9.35 Å². The summed E-state index contributed by atoms with van der Waals surface area (Å²) in [6.07, 6.45) is 0. The molecular weight excluding hydrogens is 324 g/mol. The lowest BCUT2D eigenvalue weighted by Crippen LogP contribution is -2.12. The van der Waals surface area contributed by atoms with Crippen LogP contribution in [-0.2, 0) is 10.1 Å². The fourth-order valence-corrected chi connectivity index (χ4v) is 3.38. The number of nitrogens with one attached hydrogen (secondary N) is 1. The molecule has 0 bridgehead atoms. The zero-order valence-corrected chi connectivity index (χ0v) is 12.2. The first-order chi connectivity index (χ1) is 9.68. The van der Waals surface area contributed by atoms with Gasteiger partial charge in [-0.1, -0.05) is 0 Å². The Morgan fingerprint density at radius 2 is 1.90 bits per heavy atom. The van der Waals surface area contributed by atoms with Crippen LogP contribution in [0.25, 0.3) is 0 Å². The molecule has 1 aromatic heterocycles. The number of amides is 1. The highest BCUT2D eigenvalue weighted by Crippen LogP contribution is 2.26. The maximum atomic E-state index is 13.0. The van der Waals surface area contributed by atoms with Gasteiger partial charge in [-0.2, -0.15) is 8.42 Å². The Morgan fingerprint density at radius 3 is 2.43 bits per heavy atom. The summed E-state index contributed by atoms with van der Waals surface area (Å²) >= 11 is 0.733. The lowest BCUT2D eigenvalue weighted by molar-refractivity contribution is 0.102. The molecule has 0 spiro atoms. The van der Waals surface area contributed by atoms with E-state index < -0.39 is 27.7 Å². The number of thiophene rings is 1. The SMILES string of the molecule is Cc1sc(S(=O)(=O)O)cc1C(=O)Nc1ccc(F)c(F)c1. The van der Waals surface area contributed by atoms with Crippen LogP contribution in [0, 0.1) is 18.6 Å². The van der Waals surface area contributed by atoms with E-state index >= 15 is 0 Å². The lowest BCUT2D eigenvalue weighted by Gasteiger charge is -2.05. The molecule has 0 fully saturated rings. The van der Waals surface area contributed by atoms with Gasteiger partial charge in [0.2, 0.25) is 0 Å². The van der Waals surface area contributed by atoms with Gasteiger partial charge in [0.1, 0.15) is 4.21 Å². The Morgan fingerprint density at radius 1 is 1.24 bits per heavy atom. The molecule has 1 amide bonds. The minimum absolute atomic E-state index is 0.0253. The van der Waals surface area contributed by atoms with Crippen LogP contribution in [-0.4, -0.2) is 18.9 Å². The zero-order valence-electron chi connectivity index (χ0n) is 10.6. The van der Waals surface area contributed by atoms with Gasteiger partial charge in [0.25, 0.3) is 5.91 Å². The maximum Gasteiger partial charge on any atom is 0.304 e. The third-order valence-corrected chi connectivity index (χ3v) is 4.92. The molecule has 2 N–H and O–H groups in total. The van der Waals surface area contributed by atoms with Crippen molar-refractivity contribution in [1.29, 1.82) is 0 Å². The topological polar surface area (TPSA) is 83.5 Å². The van der Waals surface area contributed by atoms with Crippen LogP contribution >= 0.6 is 11.3 Å². The molecule has 2 rings (SSSR count). The monoisotopic (exact) mass is 333 g/mol. The fourth-order valence-electron chi connectivity index (χ4n) is 1.58. The highest BCUT2D eigenvalue weighted by molar-refractivity contribution is 7.88. The first-order valence-electron chi connectivity index (χ1n) is 5.53. The molecule has 9 heteroatoms. The Bertz CT molecular complexity index is 815. The largest absolute Gasteiger partial charge is 0.322 e. The summed E-state index contributed by atoms with van der Waals surface area (Å²) in [7, 11) is -4.39. The van der Waals surface area contributed by atoms with E-state index in [1.807, 2.05) is 0 Å². The second kappa shape index (κ2) is 5.51. The van der Waals surface area contributed by atoms with E-state index in [-0.39, 0.29) is 15.5 Å². The second-order valence-electron chi connectivity index (χ2n) is 4.09. The van der Waals surface area contributed by atoms with Gasteiger partial charge < -0.3 is 5.32 Å². The minimum atomic E-state index is -4.39. The molecule has 112 valence electrons. The molecular formula is C12H9F2NO4S2. The van der Waals surface area contributed by atoms with Crippen LogP contribution in [0.2, 0.25) is 0 Å². The van der Waals surface area contributed by atoms with Crippen molar-refractivity contribution < 1.29 is 26.5 Å². The summed E-state index contributed by atoms with van der Waals surface area (Å²) in [5.74, 6) is -2.86. The molecule has 0 atom stereocenters. The highest BCUT2D eigenvalue weighted by atomic mass is 32.3. The summed E-state index contributed by atoms with van der Waals surface area (Å²) < 4.78 is 56.4. The van der Waals surface area contributed by atoms with Gasteiger partial charge in [0, 0.05) is 16.6 Å². The molecule has 5 nitrogen and oxygen atoms in total.